The Morgan fingerprint density at radius 1 is 1.26 bits per heavy atom. The van der Waals surface area contributed by atoms with Crippen LogP contribution in [-0.4, -0.2) is 47.1 Å². The molecule has 3 rings (SSSR count). The van der Waals surface area contributed by atoms with Gasteiger partial charge in [0.25, 0.3) is 0 Å². The normalized spacial score (nSPS) is 25.5. The molecule has 0 unspecified atom stereocenters. The standard InChI is InChI=1S/C18H19ClF6N4O2/c1-8-15(30)26-4-5-29(8)16(31)28-13(9-6-10(7-9)17(20,21)22)12-3-2-11(19)14(27-12)18(23,24)25/h2-3,8-10,13H,4-7H2,1H3,(H,26,30)(H,28,31)/t8-,9-,10-,13+/m1/s1. The molecule has 31 heavy (non-hydrogen) atoms. The molecular weight excluding hydrogens is 454 g/mol. The Morgan fingerprint density at radius 3 is 2.48 bits per heavy atom. The monoisotopic (exact) mass is 472 g/mol. The zero-order valence-corrected chi connectivity index (χ0v) is 16.9. The molecule has 13 heteroatoms. The summed E-state index contributed by atoms with van der Waals surface area (Å²) in [6.07, 6.45) is -10.0. The van der Waals surface area contributed by atoms with Crippen molar-refractivity contribution in [3.8, 4) is 0 Å². The molecule has 1 aliphatic heterocycles. The van der Waals surface area contributed by atoms with Crippen LogP contribution >= 0.6 is 11.6 Å². The highest BCUT2D eigenvalue weighted by molar-refractivity contribution is 6.31. The second kappa shape index (κ2) is 8.36. The number of alkyl halides is 6. The number of amides is 3. The van der Waals surface area contributed by atoms with E-state index in [0.717, 1.165) is 12.1 Å². The number of hydrogen-bond acceptors (Lipinski definition) is 3. The Hall–Kier alpha value is -2.24. The molecule has 0 spiro atoms. The summed E-state index contributed by atoms with van der Waals surface area (Å²) in [6.45, 7) is 1.79. The number of carbonyl (C=O) groups excluding carboxylic acids is 2. The van der Waals surface area contributed by atoms with Gasteiger partial charge in [0, 0.05) is 13.1 Å². The SMILES string of the molecule is C[C@@H]1C(=O)NCCN1C(=O)N[C@H](c1ccc(Cl)c(C(F)(F)F)n1)[C@H]1C[C@H](C(F)(F)F)C1. The molecule has 0 radical (unpaired) electrons. The molecule has 3 amide bonds. The fourth-order valence-electron chi connectivity index (χ4n) is 3.74. The zero-order chi connectivity index (χ0) is 23.1. The summed E-state index contributed by atoms with van der Waals surface area (Å²) < 4.78 is 78.5. The van der Waals surface area contributed by atoms with E-state index >= 15 is 0 Å². The van der Waals surface area contributed by atoms with Gasteiger partial charge in [0.1, 0.15) is 6.04 Å². The van der Waals surface area contributed by atoms with E-state index in [4.69, 9.17) is 11.6 Å². The zero-order valence-electron chi connectivity index (χ0n) is 16.1. The molecule has 1 aromatic rings. The van der Waals surface area contributed by atoms with Crippen molar-refractivity contribution >= 4 is 23.5 Å². The van der Waals surface area contributed by atoms with Crippen LogP contribution in [0, 0.1) is 11.8 Å². The molecule has 2 fully saturated rings. The number of pyridine rings is 1. The van der Waals surface area contributed by atoms with Gasteiger partial charge in [0.15, 0.2) is 5.69 Å². The Labute approximate surface area is 178 Å². The topological polar surface area (TPSA) is 74.3 Å². The lowest BCUT2D eigenvalue weighted by atomic mass is 9.70. The predicted molar refractivity (Wildman–Crippen MR) is 97.0 cm³/mol. The van der Waals surface area contributed by atoms with Crippen LogP contribution in [0.3, 0.4) is 0 Å². The van der Waals surface area contributed by atoms with Gasteiger partial charge in [-0.1, -0.05) is 11.6 Å². The van der Waals surface area contributed by atoms with E-state index < -0.39 is 58.9 Å². The van der Waals surface area contributed by atoms with Gasteiger partial charge in [-0.2, -0.15) is 26.3 Å². The van der Waals surface area contributed by atoms with Gasteiger partial charge >= 0.3 is 18.4 Å². The highest BCUT2D eigenvalue weighted by atomic mass is 35.5. The summed E-state index contributed by atoms with van der Waals surface area (Å²) in [5, 5.41) is 4.39. The van der Waals surface area contributed by atoms with Crippen molar-refractivity contribution in [3.05, 3.63) is 28.5 Å². The van der Waals surface area contributed by atoms with Crippen molar-refractivity contribution in [2.24, 2.45) is 11.8 Å². The summed E-state index contributed by atoms with van der Waals surface area (Å²) in [6, 6.07) is -0.726. The third-order valence-corrected chi connectivity index (χ3v) is 5.91. The number of halogens is 7. The van der Waals surface area contributed by atoms with Crippen molar-refractivity contribution in [1.29, 1.82) is 0 Å². The van der Waals surface area contributed by atoms with Crippen LogP contribution in [-0.2, 0) is 11.0 Å². The quantitative estimate of drug-likeness (QED) is 0.655. The van der Waals surface area contributed by atoms with Crippen molar-refractivity contribution in [2.45, 2.75) is 44.2 Å². The van der Waals surface area contributed by atoms with Crippen LogP contribution in [0.25, 0.3) is 0 Å². The number of carbonyl (C=O) groups is 2. The molecular formula is C18H19ClF6N4O2. The van der Waals surface area contributed by atoms with E-state index in [9.17, 15) is 35.9 Å². The summed E-state index contributed by atoms with van der Waals surface area (Å²) in [5.41, 5.74) is -1.63. The van der Waals surface area contributed by atoms with Crippen molar-refractivity contribution in [3.63, 3.8) is 0 Å². The van der Waals surface area contributed by atoms with Gasteiger partial charge in [-0.3, -0.25) is 4.79 Å². The molecule has 172 valence electrons. The Balaban J connectivity index is 1.88. The first-order chi connectivity index (χ1) is 14.3. The highest BCUT2D eigenvalue weighted by Crippen LogP contribution is 2.49. The molecule has 0 bridgehead atoms. The molecule has 1 aliphatic carbocycles. The molecule has 2 heterocycles. The maximum atomic E-state index is 13.2. The van der Waals surface area contributed by atoms with Crippen molar-refractivity contribution in [2.75, 3.05) is 13.1 Å². The van der Waals surface area contributed by atoms with E-state index in [-0.39, 0.29) is 31.6 Å². The number of aromatic nitrogens is 1. The average molecular weight is 473 g/mol. The molecule has 1 saturated carbocycles. The molecule has 6 nitrogen and oxygen atoms in total. The first-order valence-corrected chi connectivity index (χ1v) is 9.82. The first kappa shape index (κ1) is 23.4. The molecule has 0 aromatic carbocycles. The minimum Gasteiger partial charge on any atom is -0.353 e. The summed E-state index contributed by atoms with van der Waals surface area (Å²) in [5.74, 6) is -2.80. The lowest BCUT2D eigenvalue weighted by Gasteiger charge is -2.42. The van der Waals surface area contributed by atoms with Crippen LogP contribution in [0.5, 0.6) is 0 Å². The van der Waals surface area contributed by atoms with E-state index in [1.54, 1.807) is 0 Å². The number of piperazine rings is 1. The lowest BCUT2D eigenvalue weighted by Crippen LogP contribution is -2.59. The Bertz CT molecular complexity index is 856. The van der Waals surface area contributed by atoms with Crippen LogP contribution in [0.1, 0.15) is 37.2 Å². The number of hydrogen-bond donors (Lipinski definition) is 2. The smallest absolute Gasteiger partial charge is 0.353 e. The van der Waals surface area contributed by atoms with E-state index in [0.29, 0.717) is 0 Å². The number of urea groups is 1. The fourth-order valence-corrected chi connectivity index (χ4v) is 3.95. The van der Waals surface area contributed by atoms with Gasteiger partial charge in [0.05, 0.1) is 22.7 Å². The second-order valence-corrected chi connectivity index (χ2v) is 8.03. The van der Waals surface area contributed by atoms with E-state index in [1.165, 1.54) is 11.8 Å². The van der Waals surface area contributed by atoms with Gasteiger partial charge < -0.3 is 15.5 Å². The number of nitrogens with one attached hydrogen (secondary N) is 2. The maximum Gasteiger partial charge on any atom is 0.434 e. The molecule has 1 aromatic heterocycles. The highest BCUT2D eigenvalue weighted by Gasteiger charge is 2.51. The van der Waals surface area contributed by atoms with Crippen molar-refractivity contribution in [1.82, 2.24) is 20.5 Å². The van der Waals surface area contributed by atoms with Gasteiger partial charge in [-0.05, 0) is 37.8 Å². The predicted octanol–water partition coefficient (Wildman–Crippen LogP) is 3.91. The summed E-state index contributed by atoms with van der Waals surface area (Å²) in [7, 11) is 0. The third kappa shape index (κ3) is 4.99. The van der Waals surface area contributed by atoms with Crippen LogP contribution in [0.15, 0.2) is 12.1 Å². The summed E-state index contributed by atoms with van der Waals surface area (Å²) in [4.78, 5) is 29.2. The summed E-state index contributed by atoms with van der Waals surface area (Å²) >= 11 is 5.59. The molecule has 2 aliphatic rings. The number of rotatable bonds is 3. The third-order valence-electron chi connectivity index (χ3n) is 5.60. The number of nitrogens with zero attached hydrogens (tertiary/aromatic N) is 2. The van der Waals surface area contributed by atoms with Crippen LogP contribution in [0.4, 0.5) is 31.1 Å². The van der Waals surface area contributed by atoms with Gasteiger partial charge in [0.2, 0.25) is 5.91 Å². The fraction of sp³-hybridized carbons (Fsp3) is 0.611. The minimum absolute atomic E-state index is 0.142. The van der Waals surface area contributed by atoms with Crippen LogP contribution < -0.4 is 10.6 Å². The second-order valence-electron chi connectivity index (χ2n) is 7.62. The maximum absolute atomic E-state index is 13.2. The molecule has 2 N–H and O–H groups in total. The van der Waals surface area contributed by atoms with Crippen LogP contribution in [0.2, 0.25) is 5.02 Å². The Morgan fingerprint density at radius 2 is 1.90 bits per heavy atom. The first-order valence-electron chi connectivity index (χ1n) is 9.44. The van der Waals surface area contributed by atoms with E-state index in [2.05, 4.69) is 15.6 Å². The van der Waals surface area contributed by atoms with Crippen molar-refractivity contribution < 1.29 is 35.9 Å². The van der Waals surface area contributed by atoms with Gasteiger partial charge in [-0.15, -0.1) is 0 Å². The minimum atomic E-state index is -4.88. The van der Waals surface area contributed by atoms with Gasteiger partial charge in [-0.25, -0.2) is 9.78 Å². The molecule has 1 saturated heterocycles. The molecule has 2 atom stereocenters. The average Bonchev–Trinajstić information content (AvgIpc) is 2.60. The Kier molecular flexibility index (Phi) is 6.32. The van der Waals surface area contributed by atoms with E-state index in [1.807, 2.05) is 0 Å². The largest absolute Gasteiger partial charge is 0.434 e. The lowest BCUT2D eigenvalue weighted by molar-refractivity contribution is -0.206.